The van der Waals surface area contributed by atoms with Crippen molar-refractivity contribution in [1.82, 2.24) is 0 Å². The molecule has 0 atom stereocenters. The molecule has 0 spiro atoms. The molecule has 0 bridgehead atoms. The van der Waals surface area contributed by atoms with Crippen molar-refractivity contribution >= 4 is 11.6 Å². The van der Waals surface area contributed by atoms with Crippen LogP contribution in [0.3, 0.4) is 0 Å². The zero-order valence-electron chi connectivity index (χ0n) is 5.31. The van der Waals surface area contributed by atoms with Gasteiger partial charge in [-0.05, 0) is 12.2 Å². The second-order valence-electron chi connectivity index (χ2n) is 1.77. The molecule has 4 heteroatoms. The zero-order chi connectivity index (χ0) is 7.56. The third-order valence-corrected chi connectivity index (χ3v) is 1.07. The number of rotatable bonds is 0. The van der Waals surface area contributed by atoms with Gasteiger partial charge in [-0.25, -0.2) is 0 Å². The first-order chi connectivity index (χ1) is 4.74. The van der Waals surface area contributed by atoms with E-state index in [0.717, 1.165) is 18.2 Å². The number of nitrogens with zero attached hydrogens (tertiary/aromatic N) is 1. The third-order valence-electron chi connectivity index (χ3n) is 1.07. The third kappa shape index (κ3) is 4.52. The van der Waals surface area contributed by atoms with Gasteiger partial charge in [-0.15, -0.1) is 0 Å². The standard InChI is InChI=1S/C7H3NO2.2CH4.Pd/c8-4-5-3-6(9)1-2-7(5)10;;;/h1-3H;2*1H4;. The van der Waals surface area contributed by atoms with E-state index >= 15 is 0 Å². The van der Waals surface area contributed by atoms with E-state index in [2.05, 4.69) is 0 Å². The number of nitriles is 1. The SMILES string of the molecule is C.C.N#CC1=CC(=O)C=CC1=O.[Pd]. The van der Waals surface area contributed by atoms with Crippen LogP contribution in [-0.4, -0.2) is 11.6 Å². The van der Waals surface area contributed by atoms with Gasteiger partial charge in [-0.1, -0.05) is 14.9 Å². The minimum atomic E-state index is -0.401. The van der Waals surface area contributed by atoms with Gasteiger partial charge in [0.2, 0.25) is 0 Å². The van der Waals surface area contributed by atoms with Crippen molar-refractivity contribution in [3.8, 4) is 6.07 Å². The fraction of sp³-hybridized carbons (Fsp3) is 0.222. The van der Waals surface area contributed by atoms with Crippen molar-refractivity contribution in [3.63, 3.8) is 0 Å². The first-order valence-corrected chi connectivity index (χ1v) is 2.62. The van der Waals surface area contributed by atoms with Crippen molar-refractivity contribution in [2.75, 3.05) is 0 Å². The molecule has 1 aliphatic carbocycles. The van der Waals surface area contributed by atoms with Gasteiger partial charge >= 0.3 is 0 Å². The normalized spacial score (nSPS) is 12.7. The molecule has 0 fully saturated rings. The molecule has 0 amide bonds. The van der Waals surface area contributed by atoms with Crippen LogP contribution in [0.5, 0.6) is 0 Å². The molecule has 0 saturated heterocycles. The minimum Gasteiger partial charge on any atom is -0.290 e. The Morgan fingerprint density at radius 3 is 2.08 bits per heavy atom. The van der Waals surface area contributed by atoms with Crippen LogP contribution in [0.2, 0.25) is 0 Å². The Morgan fingerprint density at radius 1 is 1.15 bits per heavy atom. The molecule has 3 nitrogen and oxygen atoms in total. The average Bonchev–Trinajstić information content (AvgIpc) is 1.94. The maximum atomic E-state index is 10.6. The van der Waals surface area contributed by atoms with E-state index in [0.29, 0.717) is 0 Å². The van der Waals surface area contributed by atoms with Gasteiger partial charge in [-0.3, -0.25) is 9.59 Å². The minimum absolute atomic E-state index is 0. The van der Waals surface area contributed by atoms with Crippen LogP contribution in [0.15, 0.2) is 23.8 Å². The largest absolute Gasteiger partial charge is 0.290 e. The summed E-state index contributed by atoms with van der Waals surface area (Å²) in [6, 6.07) is 1.62. The van der Waals surface area contributed by atoms with E-state index in [4.69, 9.17) is 5.26 Å². The molecule has 0 saturated carbocycles. The van der Waals surface area contributed by atoms with Crippen LogP contribution in [0.25, 0.3) is 0 Å². The summed E-state index contributed by atoms with van der Waals surface area (Å²) < 4.78 is 0. The summed E-state index contributed by atoms with van der Waals surface area (Å²) >= 11 is 0. The molecule has 0 unspecified atom stereocenters. The van der Waals surface area contributed by atoms with Crippen molar-refractivity contribution in [1.29, 1.82) is 5.26 Å². The first kappa shape index (κ1) is 17.9. The number of carbonyl (C=O) groups is 2. The van der Waals surface area contributed by atoms with Gasteiger partial charge in [0.25, 0.3) is 0 Å². The van der Waals surface area contributed by atoms with Gasteiger partial charge in [-0.2, -0.15) is 5.26 Å². The van der Waals surface area contributed by atoms with Crippen LogP contribution in [-0.2, 0) is 30.0 Å². The molecular weight excluding hydrogens is 261 g/mol. The number of ketones is 2. The summed E-state index contributed by atoms with van der Waals surface area (Å²) in [5, 5.41) is 8.25. The Balaban J connectivity index is -0.000000333. The molecule has 0 aromatic carbocycles. The Bertz CT molecular complexity index is 297. The second kappa shape index (κ2) is 7.61. The van der Waals surface area contributed by atoms with Crippen LogP contribution in [0.4, 0.5) is 0 Å². The maximum Gasteiger partial charge on any atom is 0.196 e. The molecular formula is C9H11NO2Pd. The van der Waals surface area contributed by atoms with E-state index in [1.54, 1.807) is 6.07 Å². The molecule has 74 valence electrons. The smallest absolute Gasteiger partial charge is 0.196 e. The Kier molecular flexibility index (Phi) is 10.5. The fourth-order valence-corrected chi connectivity index (χ4v) is 0.596. The summed E-state index contributed by atoms with van der Waals surface area (Å²) in [7, 11) is 0. The van der Waals surface area contributed by atoms with Crippen LogP contribution >= 0.6 is 0 Å². The van der Waals surface area contributed by atoms with Crippen molar-refractivity contribution < 1.29 is 30.0 Å². The second-order valence-corrected chi connectivity index (χ2v) is 1.77. The van der Waals surface area contributed by atoms with Gasteiger partial charge in [0.15, 0.2) is 11.6 Å². The average molecular weight is 272 g/mol. The van der Waals surface area contributed by atoms with Gasteiger partial charge in [0, 0.05) is 26.5 Å². The Hall–Kier alpha value is -1.03. The summed E-state index contributed by atoms with van der Waals surface area (Å²) in [4.78, 5) is 21.2. The summed E-state index contributed by atoms with van der Waals surface area (Å²) in [6.07, 6.45) is 3.27. The van der Waals surface area contributed by atoms with Crippen LogP contribution in [0.1, 0.15) is 14.9 Å². The quantitative estimate of drug-likeness (QED) is 0.494. The molecule has 0 aliphatic heterocycles. The monoisotopic (exact) mass is 271 g/mol. The summed E-state index contributed by atoms with van der Waals surface area (Å²) in [6.45, 7) is 0. The van der Waals surface area contributed by atoms with Gasteiger partial charge < -0.3 is 0 Å². The van der Waals surface area contributed by atoms with Crippen molar-refractivity contribution in [2.45, 2.75) is 14.9 Å². The van der Waals surface area contributed by atoms with E-state index < -0.39 is 5.78 Å². The van der Waals surface area contributed by atoms with Crippen molar-refractivity contribution in [2.24, 2.45) is 0 Å². The van der Waals surface area contributed by atoms with Crippen LogP contribution in [0, 0.1) is 11.3 Å². The topological polar surface area (TPSA) is 57.9 Å². The number of allylic oxidation sites excluding steroid dienone is 4. The molecule has 0 aromatic heterocycles. The Morgan fingerprint density at radius 2 is 1.69 bits per heavy atom. The van der Waals surface area contributed by atoms with Crippen molar-refractivity contribution in [3.05, 3.63) is 23.8 Å². The molecule has 1 aliphatic rings. The van der Waals surface area contributed by atoms with Gasteiger partial charge in [0.1, 0.15) is 11.6 Å². The number of hydrogen-bond donors (Lipinski definition) is 0. The number of hydrogen-bond acceptors (Lipinski definition) is 3. The molecule has 0 aromatic rings. The molecule has 0 radical (unpaired) electrons. The molecule has 13 heavy (non-hydrogen) atoms. The summed E-state index contributed by atoms with van der Waals surface area (Å²) in [5.74, 6) is -0.710. The fourth-order valence-electron chi connectivity index (χ4n) is 0.596. The first-order valence-electron chi connectivity index (χ1n) is 2.62. The van der Waals surface area contributed by atoms with E-state index in [-0.39, 0.29) is 46.6 Å². The predicted octanol–water partition coefficient (Wildman–Crippen LogP) is 1.41. The molecule has 0 N–H and O–H groups in total. The molecule has 1 rings (SSSR count). The summed E-state index contributed by atoms with van der Waals surface area (Å²) in [5.41, 5.74) is -0.0903. The maximum absolute atomic E-state index is 10.6. The molecule has 0 heterocycles. The number of carbonyl (C=O) groups excluding carboxylic acids is 2. The zero-order valence-corrected chi connectivity index (χ0v) is 6.87. The Labute approximate surface area is 91.8 Å². The van der Waals surface area contributed by atoms with Crippen LogP contribution < -0.4 is 0 Å². The van der Waals surface area contributed by atoms with E-state index in [9.17, 15) is 9.59 Å². The predicted molar refractivity (Wildman–Crippen MR) is 46.3 cm³/mol. The van der Waals surface area contributed by atoms with Gasteiger partial charge in [0.05, 0.1) is 0 Å². The van der Waals surface area contributed by atoms with E-state index in [1.165, 1.54) is 0 Å². The van der Waals surface area contributed by atoms with E-state index in [1.807, 2.05) is 0 Å².